The van der Waals surface area contributed by atoms with E-state index in [1.54, 1.807) is 40.1 Å². The Bertz CT molecular complexity index is 984. The molecule has 0 radical (unpaired) electrons. The van der Waals surface area contributed by atoms with Gasteiger partial charge in [-0.2, -0.15) is 0 Å². The molecule has 2 aliphatic rings. The summed E-state index contributed by atoms with van der Waals surface area (Å²) in [5.41, 5.74) is 1.28. The first-order valence-corrected chi connectivity index (χ1v) is 15.3. The number of carbonyl (C=O) groups excluding carboxylic acids is 1. The summed E-state index contributed by atoms with van der Waals surface area (Å²) >= 11 is 0. The van der Waals surface area contributed by atoms with Crippen molar-refractivity contribution in [3.05, 3.63) is 23.3 Å². The zero-order valence-corrected chi connectivity index (χ0v) is 24.6. The zero-order chi connectivity index (χ0) is 27.2. The fraction of sp³-hybridized carbons (Fsp3) is 0.750. The molecule has 0 aromatic heterocycles. The van der Waals surface area contributed by atoms with Crippen molar-refractivity contribution in [3.8, 4) is 5.75 Å². The lowest BCUT2D eigenvalue weighted by Gasteiger charge is -2.37. The van der Waals surface area contributed by atoms with Crippen molar-refractivity contribution in [1.29, 1.82) is 0 Å². The fourth-order valence-corrected chi connectivity index (χ4v) is 7.64. The molecule has 0 spiro atoms. The average molecular weight is 537 g/mol. The van der Waals surface area contributed by atoms with Gasteiger partial charge >= 0.3 is 0 Å². The van der Waals surface area contributed by atoms with Crippen molar-refractivity contribution in [2.24, 2.45) is 5.92 Å². The molecule has 0 bridgehead atoms. The molecule has 2 fully saturated rings. The number of rotatable bonds is 12. The number of ether oxygens (including phenoxy) is 1. The van der Waals surface area contributed by atoms with E-state index in [-0.39, 0.29) is 29.8 Å². The van der Waals surface area contributed by atoms with Crippen molar-refractivity contribution in [2.45, 2.75) is 82.7 Å². The second kappa shape index (κ2) is 13.4. The number of aryl methyl sites for hydroxylation is 2. The summed E-state index contributed by atoms with van der Waals surface area (Å²) in [6.45, 7) is 10.7. The Kier molecular flexibility index (Phi) is 10.8. The van der Waals surface area contributed by atoms with Gasteiger partial charge < -0.3 is 19.9 Å². The molecule has 1 unspecified atom stereocenters. The summed E-state index contributed by atoms with van der Waals surface area (Å²) in [7, 11) is 1.62. The van der Waals surface area contributed by atoms with Crippen LogP contribution in [-0.4, -0.2) is 94.4 Å². The SMILES string of the molecule is CCN(CCC1CCN(C)C1)C1CCC(NC(=O)CCN(C)S(=O)(=O)c2c(C)cc(OC)cc2C)CC1. The monoisotopic (exact) mass is 536 g/mol. The van der Waals surface area contributed by atoms with Crippen LogP contribution in [0.15, 0.2) is 17.0 Å². The molecule has 1 saturated carbocycles. The minimum Gasteiger partial charge on any atom is -0.497 e. The van der Waals surface area contributed by atoms with Crippen molar-refractivity contribution in [2.75, 3.05) is 53.9 Å². The molecule has 1 amide bonds. The number of carbonyl (C=O) groups is 1. The lowest BCUT2D eigenvalue weighted by Crippen LogP contribution is -2.45. The summed E-state index contributed by atoms with van der Waals surface area (Å²) < 4.78 is 32.9. The van der Waals surface area contributed by atoms with E-state index in [1.165, 1.54) is 36.8 Å². The largest absolute Gasteiger partial charge is 0.497 e. The van der Waals surface area contributed by atoms with Gasteiger partial charge in [0.2, 0.25) is 15.9 Å². The van der Waals surface area contributed by atoms with E-state index in [2.05, 4.69) is 29.1 Å². The predicted molar refractivity (Wildman–Crippen MR) is 149 cm³/mol. The first kappa shape index (κ1) is 29.9. The number of amides is 1. The maximum absolute atomic E-state index is 13.2. The number of hydrogen-bond acceptors (Lipinski definition) is 6. The molecule has 37 heavy (non-hydrogen) atoms. The number of likely N-dealkylation sites (tertiary alicyclic amines) is 1. The maximum atomic E-state index is 13.2. The van der Waals surface area contributed by atoms with Crippen LogP contribution in [0, 0.1) is 19.8 Å². The van der Waals surface area contributed by atoms with Gasteiger partial charge in [0.1, 0.15) is 5.75 Å². The van der Waals surface area contributed by atoms with Gasteiger partial charge in [-0.05, 0) is 108 Å². The number of nitrogens with one attached hydrogen (secondary N) is 1. The van der Waals surface area contributed by atoms with Crippen molar-refractivity contribution >= 4 is 15.9 Å². The summed E-state index contributed by atoms with van der Waals surface area (Å²) in [5, 5.41) is 3.16. The Morgan fingerprint density at radius 1 is 1.11 bits per heavy atom. The highest BCUT2D eigenvalue weighted by molar-refractivity contribution is 7.89. The summed E-state index contributed by atoms with van der Waals surface area (Å²) in [4.78, 5) is 18.0. The van der Waals surface area contributed by atoms with E-state index in [0.717, 1.165) is 38.1 Å². The molecule has 210 valence electrons. The third kappa shape index (κ3) is 7.91. The fourth-order valence-electron chi connectivity index (χ4n) is 6.06. The van der Waals surface area contributed by atoms with E-state index in [4.69, 9.17) is 4.74 Å². The third-order valence-corrected chi connectivity index (χ3v) is 10.5. The molecule has 1 atom stereocenters. The maximum Gasteiger partial charge on any atom is 0.243 e. The van der Waals surface area contributed by atoms with E-state index < -0.39 is 10.0 Å². The Morgan fingerprint density at radius 2 is 1.76 bits per heavy atom. The van der Waals surface area contributed by atoms with Crippen LogP contribution in [0.3, 0.4) is 0 Å². The first-order chi connectivity index (χ1) is 17.5. The van der Waals surface area contributed by atoms with E-state index >= 15 is 0 Å². The molecule has 1 N–H and O–H groups in total. The van der Waals surface area contributed by atoms with Crippen LogP contribution in [0.25, 0.3) is 0 Å². The minimum absolute atomic E-state index is 0.0774. The van der Waals surface area contributed by atoms with E-state index in [1.807, 2.05) is 0 Å². The van der Waals surface area contributed by atoms with Gasteiger partial charge in [-0.15, -0.1) is 0 Å². The van der Waals surface area contributed by atoms with E-state index in [0.29, 0.717) is 22.9 Å². The molecule has 1 saturated heterocycles. The molecule has 3 rings (SSSR count). The second-order valence-corrected chi connectivity index (χ2v) is 13.1. The molecular formula is C28H48N4O4S. The van der Waals surface area contributed by atoms with Crippen LogP contribution in [-0.2, 0) is 14.8 Å². The van der Waals surface area contributed by atoms with Gasteiger partial charge in [0.05, 0.1) is 12.0 Å². The van der Waals surface area contributed by atoms with Crippen molar-refractivity contribution in [3.63, 3.8) is 0 Å². The zero-order valence-electron chi connectivity index (χ0n) is 23.8. The first-order valence-electron chi connectivity index (χ1n) is 13.9. The Morgan fingerprint density at radius 3 is 2.30 bits per heavy atom. The number of sulfonamides is 1. The van der Waals surface area contributed by atoms with Gasteiger partial charge in [0.25, 0.3) is 0 Å². The Hall–Kier alpha value is -1.68. The van der Waals surface area contributed by atoms with Crippen LogP contribution in [0.5, 0.6) is 5.75 Å². The van der Waals surface area contributed by atoms with Gasteiger partial charge in [-0.1, -0.05) is 6.92 Å². The Labute approximate surface area is 224 Å². The van der Waals surface area contributed by atoms with Crippen LogP contribution in [0.4, 0.5) is 0 Å². The van der Waals surface area contributed by atoms with Crippen molar-refractivity contribution in [1.82, 2.24) is 19.4 Å². The van der Waals surface area contributed by atoms with Crippen LogP contribution >= 0.6 is 0 Å². The summed E-state index contributed by atoms with van der Waals surface area (Å²) in [5.74, 6) is 1.38. The lowest BCUT2D eigenvalue weighted by atomic mass is 9.89. The van der Waals surface area contributed by atoms with Crippen molar-refractivity contribution < 1.29 is 17.9 Å². The molecule has 1 aromatic carbocycles. The second-order valence-electron chi connectivity index (χ2n) is 11.1. The van der Waals surface area contributed by atoms with Gasteiger partial charge in [0.15, 0.2) is 0 Å². The number of hydrogen-bond donors (Lipinski definition) is 1. The Balaban J connectivity index is 1.43. The number of methoxy groups -OCH3 is 1. The van der Waals surface area contributed by atoms with Gasteiger partial charge in [-0.25, -0.2) is 12.7 Å². The topological polar surface area (TPSA) is 82.2 Å². The highest BCUT2D eigenvalue weighted by Gasteiger charge is 2.29. The molecule has 1 heterocycles. The molecule has 1 aliphatic carbocycles. The predicted octanol–water partition coefficient (Wildman–Crippen LogP) is 3.41. The van der Waals surface area contributed by atoms with Gasteiger partial charge in [-0.3, -0.25) is 4.79 Å². The smallest absolute Gasteiger partial charge is 0.243 e. The van der Waals surface area contributed by atoms with Crippen LogP contribution in [0.2, 0.25) is 0 Å². The lowest BCUT2D eigenvalue weighted by molar-refractivity contribution is -0.122. The molecule has 9 heteroatoms. The highest BCUT2D eigenvalue weighted by atomic mass is 32.2. The van der Waals surface area contributed by atoms with Gasteiger partial charge in [0, 0.05) is 38.6 Å². The third-order valence-electron chi connectivity index (χ3n) is 8.29. The van der Waals surface area contributed by atoms with E-state index in [9.17, 15) is 13.2 Å². The normalized spacial score (nSPS) is 23.1. The highest BCUT2D eigenvalue weighted by Crippen LogP contribution is 2.28. The molecule has 1 aliphatic heterocycles. The summed E-state index contributed by atoms with van der Waals surface area (Å²) in [6, 6.07) is 4.23. The standard InChI is InChI=1S/C28H48N4O4S/c1-7-32(17-13-23-12-15-30(4)20-23)25-10-8-24(9-11-25)29-27(33)14-16-31(5)37(34,35)28-21(2)18-26(36-6)19-22(28)3/h18-19,23-25H,7-17,20H2,1-6H3,(H,29,33). The number of nitrogens with zero attached hydrogens (tertiary/aromatic N) is 3. The average Bonchev–Trinajstić information content (AvgIpc) is 3.28. The molecule has 1 aromatic rings. The minimum atomic E-state index is -3.70. The quantitative estimate of drug-likeness (QED) is 0.441. The number of benzene rings is 1. The van der Waals surface area contributed by atoms with Crippen LogP contribution < -0.4 is 10.1 Å². The molecular weight excluding hydrogens is 488 g/mol. The molecule has 8 nitrogen and oxygen atoms in total. The van der Waals surface area contributed by atoms with Crippen LogP contribution in [0.1, 0.15) is 63.0 Å². The summed E-state index contributed by atoms with van der Waals surface area (Å²) in [6.07, 6.45) is 6.93.